The van der Waals surface area contributed by atoms with Crippen LogP contribution < -0.4 is 5.32 Å². The molecule has 0 aliphatic heterocycles. The highest BCUT2D eigenvalue weighted by Crippen LogP contribution is 2.11. The molecule has 98 valence electrons. The molecule has 1 aromatic rings. The van der Waals surface area contributed by atoms with Gasteiger partial charge in [-0.15, -0.1) is 0 Å². The predicted octanol–water partition coefficient (Wildman–Crippen LogP) is 1.26. The first-order chi connectivity index (χ1) is 8.28. The van der Waals surface area contributed by atoms with Crippen LogP contribution in [-0.2, 0) is 14.6 Å². The minimum Gasteiger partial charge on any atom is -0.326 e. The molecule has 18 heavy (non-hydrogen) atoms. The number of nitrogens with one attached hydrogen (secondary N) is 1. The summed E-state index contributed by atoms with van der Waals surface area (Å²) >= 11 is 0. The van der Waals surface area contributed by atoms with Crippen molar-refractivity contribution in [3.63, 3.8) is 0 Å². The quantitative estimate of drug-likeness (QED) is 0.816. The Hall–Kier alpha value is -1.69. The smallest absolute Gasteiger partial charge is 0.225 e. The number of Topliss-reactive ketones (excluding diaryl/α,β-unsaturated/α-hetero) is 1. The van der Waals surface area contributed by atoms with Crippen molar-refractivity contribution >= 4 is 27.2 Å². The van der Waals surface area contributed by atoms with E-state index in [4.69, 9.17) is 0 Å². The van der Waals surface area contributed by atoms with Gasteiger partial charge in [-0.2, -0.15) is 0 Å². The van der Waals surface area contributed by atoms with E-state index >= 15 is 0 Å². The molecule has 0 radical (unpaired) electrons. The van der Waals surface area contributed by atoms with Gasteiger partial charge in [0.1, 0.15) is 9.84 Å². The van der Waals surface area contributed by atoms with Gasteiger partial charge in [-0.05, 0) is 19.1 Å². The molecule has 1 amide bonds. The molecule has 0 heterocycles. The molecule has 0 atom stereocenters. The molecule has 0 saturated carbocycles. The lowest BCUT2D eigenvalue weighted by Crippen LogP contribution is -2.16. The number of anilines is 1. The molecule has 1 N–H and O–H groups in total. The van der Waals surface area contributed by atoms with Gasteiger partial charge in [0.2, 0.25) is 5.91 Å². The number of benzene rings is 1. The number of sulfone groups is 1. The lowest BCUT2D eigenvalue weighted by molar-refractivity contribution is -0.115. The highest BCUT2D eigenvalue weighted by molar-refractivity contribution is 7.90. The van der Waals surface area contributed by atoms with Gasteiger partial charge in [0.05, 0.1) is 5.75 Å². The first-order valence-electron chi connectivity index (χ1n) is 5.36. The number of hydrogen-bond acceptors (Lipinski definition) is 4. The third kappa shape index (κ3) is 5.09. The van der Waals surface area contributed by atoms with Crippen molar-refractivity contribution in [1.82, 2.24) is 0 Å². The van der Waals surface area contributed by atoms with Crippen LogP contribution in [0.2, 0.25) is 0 Å². The van der Waals surface area contributed by atoms with E-state index < -0.39 is 9.84 Å². The van der Waals surface area contributed by atoms with Crippen molar-refractivity contribution in [3.05, 3.63) is 29.8 Å². The molecular weight excluding hydrogens is 254 g/mol. The maximum absolute atomic E-state index is 11.5. The largest absolute Gasteiger partial charge is 0.326 e. The molecule has 0 spiro atoms. The third-order valence-electron chi connectivity index (χ3n) is 2.25. The second kappa shape index (κ2) is 5.77. The van der Waals surface area contributed by atoms with Crippen LogP contribution in [0.1, 0.15) is 23.7 Å². The Morgan fingerprint density at radius 3 is 2.50 bits per heavy atom. The zero-order valence-electron chi connectivity index (χ0n) is 10.3. The van der Waals surface area contributed by atoms with Crippen molar-refractivity contribution in [3.8, 4) is 0 Å². The Labute approximate surface area is 106 Å². The molecule has 1 rings (SSSR count). The molecule has 6 heteroatoms. The number of carbonyl (C=O) groups excluding carboxylic acids is 2. The molecular formula is C12H15NO4S. The minimum atomic E-state index is -3.15. The van der Waals surface area contributed by atoms with Gasteiger partial charge in [0.25, 0.3) is 0 Å². The van der Waals surface area contributed by atoms with Gasteiger partial charge < -0.3 is 5.32 Å². The van der Waals surface area contributed by atoms with Gasteiger partial charge >= 0.3 is 0 Å². The van der Waals surface area contributed by atoms with Gasteiger partial charge in [0, 0.05) is 23.9 Å². The molecule has 5 nitrogen and oxygen atoms in total. The summed E-state index contributed by atoms with van der Waals surface area (Å²) in [5.74, 6) is -0.672. The zero-order chi connectivity index (χ0) is 13.8. The average Bonchev–Trinajstić information content (AvgIpc) is 2.26. The topological polar surface area (TPSA) is 80.3 Å². The Bertz CT molecular complexity index is 563. The second-order valence-electron chi connectivity index (χ2n) is 4.07. The van der Waals surface area contributed by atoms with Gasteiger partial charge in [0.15, 0.2) is 5.78 Å². The summed E-state index contributed by atoms with van der Waals surface area (Å²) in [6.45, 7) is 1.44. The van der Waals surface area contributed by atoms with Crippen LogP contribution in [0.15, 0.2) is 24.3 Å². The summed E-state index contributed by atoms with van der Waals surface area (Å²) in [6.07, 6.45) is 0.986. The normalized spacial score (nSPS) is 11.0. The van der Waals surface area contributed by atoms with E-state index in [1.165, 1.54) is 6.92 Å². The van der Waals surface area contributed by atoms with E-state index in [0.717, 1.165) is 6.26 Å². The maximum atomic E-state index is 11.5. The van der Waals surface area contributed by atoms with Crippen LogP contribution in [-0.4, -0.2) is 32.1 Å². The van der Waals surface area contributed by atoms with Crippen LogP contribution in [0.4, 0.5) is 5.69 Å². The maximum Gasteiger partial charge on any atom is 0.225 e. The molecule has 1 aromatic carbocycles. The van der Waals surface area contributed by atoms with E-state index in [9.17, 15) is 18.0 Å². The van der Waals surface area contributed by atoms with Crippen LogP contribution in [0.25, 0.3) is 0 Å². The minimum absolute atomic E-state index is 0.0941. The van der Waals surface area contributed by atoms with E-state index in [1.54, 1.807) is 24.3 Å². The first kappa shape index (κ1) is 14.4. The highest BCUT2D eigenvalue weighted by Gasteiger charge is 2.08. The summed E-state index contributed by atoms with van der Waals surface area (Å²) in [6, 6.07) is 6.50. The zero-order valence-corrected chi connectivity index (χ0v) is 11.1. The van der Waals surface area contributed by atoms with Gasteiger partial charge in [-0.25, -0.2) is 8.42 Å². The summed E-state index contributed by atoms with van der Waals surface area (Å²) in [5, 5.41) is 2.55. The summed E-state index contributed by atoms with van der Waals surface area (Å²) < 4.78 is 21.8. The number of carbonyl (C=O) groups is 2. The van der Waals surface area contributed by atoms with Gasteiger partial charge in [-0.1, -0.05) is 12.1 Å². The number of rotatable bonds is 5. The van der Waals surface area contributed by atoms with Crippen molar-refractivity contribution in [2.45, 2.75) is 13.3 Å². The Morgan fingerprint density at radius 1 is 1.28 bits per heavy atom. The van der Waals surface area contributed by atoms with Crippen LogP contribution in [0, 0.1) is 0 Å². The Kier molecular flexibility index (Phi) is 4.61. The highest BCUT2D eigenvalue weighted by atomic mass is 32.2. The molecule has 0 aliphatic rings. The van der Waals surface area contributed by atoms with Crippen molar-refractivity contribution in [1.29, 1.82) is 0 Å². The molecule has 0 unspecified atom stereocenters. The molecule has 0 saturated heterocycles. The monoisotopic (exact) mass is 269 g/mol. The average molecular weight is 269 g/mol. The predicted molar refractivity (Wildman–Crippen MR) is 69.4 cm³/mol. The van der Waals surface area contributed by atoms with Crippen LogP contribution in [0.5, 0.6) is 0 Å². The molecule has 0 fully saturated rings. The number of ketones is 1. The SMILES string of the molecule is CC(=O)c1cccc(NC(=O)CCS(C)(=O)=O)c1. The lowest BCUT2D eigenvalue weighted by Gasteiger charge is -2.05. The fraction of sp³-hybridized carbons (Fsp3) is 0.333. The third-order valence-corrected chi connectivity index (χ3v) is 3.20. The van der Waals surface area contributed by atoms with Crippen molar-refractivity contribution < 1.29 is 18.0 Å². The first-order valence-corrected chi connectivity index (χ1v) is 7.42. The van der Waals surface area contributed by atoms with E-state index in [-0.39, 0.29) is 23.9 Å². The number of hydrogen-bond donors (Lipinski definition) is 1. The summed E-state index contributed by atoms with van der Waals surface area (Å²) in [7, 11) is -3.15. The van der Waals surface area contributed by atoms with Crippen LogP contribution in [0.3, 0.4) is 0 Å². The Balaban J connectivity index is 2.65. The van der Waals surface area contributed by atoms with Crippen molar-refractivity contribution in [2.75, 3.05) is 17.3 Å². The fourth-order valence-electron chi connectivity index (χ4n) is 1.32. The lowest BCUT2D eigenvalue weighted by atomic mass is 10.1. The van der Waals surface area contributed by atoms with Crippen molar-refractivity contribution in [2.24, 2.45) is 0 Å². The molecule has 0 aromatic heterocycles. The van der Waals surface area contributed by atoms with E-state index in [2.05, 4.69) is 5.32 Å². The van der Waals surface area contributed by atoms with Gasteiger partial charge in [-0.3, -0.25) is 9.59 Å². The standard InChI is InChI=1S/C12H15NO4S/c1-9(14)10-4-3-5-11(8-10)13-12(15)6-7-18(2,16)17/h3-5,8H,6-7H2,1-2H3,(H,13,15). The Morgan fingerprint density at radius 2 is 1.94 bits per heavy atom. The van der Waals surface area contributed by atoms with Crippen LogP contribution >= 0.6 is 0 Å². The van der Waals surface area contributed by atoms with E-state index in [1.807, 2.05) is 0 Å². The van der Waals surface area contributed by atoms with E-state index in [0.29, 0.717) is 11.3 Å². The fourth-order valence-corrected chi connectivity index (χ4v) is 1.87. The number of amides is 1. The second-order valence-corrected chi connectivity index (χ2v) is 6.32. The summed E-state index contributed by atoms with van der Waals surface area (Å²) in [5.41, 5.74) is 0.983. The molecule has 0 aliphatic carbocycles. The molecule has 0 bridgehead atoms. The summed E-state index contributed by atoms with van der Waals surface area (Å²) in [4.78, 5) is 22.6.